The Morgan fingerprint density at radius 2 is 2.00 bits per heavy atom. The molecule has 94 valence electrons. The normalized spacial score (nSPS) is 21.2. The summed E-state index contributed by atoms with van der Waals surface area (Å²) in [7, 11) is 0. The Bertz CT molecular complexity index is 251. The van der Waals surface area contributed by atoms with Crippen molar-refractivity contribution in [3.8, 4) is 0 Å². The van der Waals surface area contributed by atoms with Crippen LogP contribution in [0.5, 0.6) is 0 Å². The molecule has 2 atom stereocenters. The third-order valence-corrected chi connectivity index (χ3v) is 3.20. The number of aliphatic carboxylic acids is 1. The van der Waals surface area contributed by atoms with Crippen LogP contribution in [0.1, 0.15) is 32.1 Å². The van der Waals surface area contributed by atoms with Crippen molar-refractivity contribution in [3.63, 3.8) is 0 Å². The second-order valence-electron chi connectivity index (χ2n) is 4.43. The number of halogens is 3. The lowest BCUT2D eigenvalue weighted by Gasteiger charge is -2.33. The largest absolute Gasteiger partial charge is 0.481 e. The molecular weight excluding hydrogens is 223 g/mol. The molecule has 1 rings (SSSR count). The minimum absolute atomic E-state index is 0.138. The second kappa shape index (κ2) is 5.03. The minimum Gasteiger partial charge on any atom is -0.481 e. The van der Waals surface area contributed by atoms with Gasteiger partial charge in [0.2, 0.25) is 0 Å². The second-order valence-corrected chi connectivity index (χ2v) is 4.43. The summed E-state index contributed by atoms with van der Waals surface area (Å²) in [5.41, 5.74) is 5.66. The summed E-state index contributed by atoms with van der Waals surface area (Å²) < 4.78 is 37.5. The van der Waals surface area contributed by atoms with Gasteiger partial charge >= 0.3 is 12.1 Å². The van der Waals surface area contributed by atoms with E-state index < -0.39 is 30.5 Å². The van der Waals surface area contributed by atoms with E-state index in [9.17, 15) is 18.0 Å². The van der Waals surface area contributed by atoms with Crippen molar-refractivity contribution in [2.24, 2.45) is 17.6 Å². The predicted molar refractivity (Wildman–Crippen MR) is 51.7 cm³/mol. The molecule has 1 fully saturated rings. The highest BCUT2D eigenvalue weighted by molar-refractivity contribution is 5.67. The average Bonchev–Trinajstić information content (AvgIpc) is 1.96. The number of nitrogens with two attached hydrogens (primary N) is 1. The molecule has 1 aliphatic carbocycles. The number of carboxylic acids is 1. The number of hydrogen-bond acceptors (Lipinski definition) is 2. The van der Waals surface area contributed by atoms with Gasteiger partial charge in [0, 0.05) is 6.04 Å². The third kappa shape index (κ3) is 3.66. The van der Waals surface area contributed by atoms with Gasteiger partial charge in [-0.3, -0.25) is 4.79 Å². The van der Waals surface area contributed by atoms with Gasteiger partial charge in [-0.1, -0.05) is 6.42 Å². The first kappa shape index (κ1) is 13.3. The Kier molecular flexibility index (Phi) is 4.18. The number of carboxylic acid groups (broad SMARTS) is 1. The molecule has 0 aromatic heterocycles. The summed E-state index contributed by atoms with van der Waals surface area (Å²) in [5.74, 6) is -3.11. The van der Waals surface area contributed by atoms with Gasteiger partial charge in [0.25, 0.3) is 0 Å². The fourth-order valence-electron chi connectivity index (χ4n) is 1.93. The van der Waals surface area contributed by atoms with E-state index in [2.05, 4.69) is 0 Å². The molecule has 1 saturated carbocycles. The van der Waals surface area contributed by atoms with Crippen molar-refractivity contribution in [2.75, 3.05) is 0 Å². The molecule has 0 amide bonds. The van der Waals surface area contributed by atoms with Crippen LogP contribution in [0.15, 0.2) is 0 Å². The van der Waals surface area contributed by atoms with Crippen LogP contribution in [-0.2, 0) is 4.79 Å². The number of carbonyl (C=O) groups is 1. The van der Waals surface area contributed by atoms with Gasteiger partial charge in [-0.2, -0.15) is 13.2 Å². The zero-order valence-corrected chi connectivity index (χ0v) is 8.83. The number of rotatable bonds is 5. The van der Waals surface area contributed by atoms with Crippen LogP contribution in [0.3, 0.4) is 0 Å². The highest BCUT2D eigenvalue weighted by Gasteiger charge is 2.42. The molecule has 0 aliphatic heterocycles. The van der Waals surface area contributed by atoms with Crippen molar-refractivity contribution < 1.29 is 23.1 Å². The third-order valence-electron chi connectivity index (χ3n) is 3.20. The lowest BCUT2D eigenvalue weighted by atomic mass is 9.76. The highest BCUT2D eigenvalue weighted by atomic mass is 19.4. The average molecular weight is 239 g/mol. The summed E-state index contributed by atoms with van der Waals surface area (Å²) in [6, 6.07) is -0.528. The van der Waals surface area contributed by atoms with Gasteiger partial charge < -0.3 is 10.8 Å². The van der Waals surface area contributed by atoms with E-state index in [1.165, 1.54) is 0 Å². The maximum atomic E-state index is 12.5. The van der Waals surface area contributed by atoms with Crippen LogP contribution in [0, 0.1) is 11.8 Å². The molecule has 1 aliphatic rings. The van der Waals surface area contributed by atoms with Gasteiger partial charge in [-0.25, -0.2) is 0 Å². The van der Waals surface area contributed by atoms with E-state index in [1.54, 1.807) is 0 Å². The summed E-state index contributed by atoms with van der Waals surface area (Å²) >= 11 is 0. The summed E-state index contributed by atoms with van der Waals surface area (Å²) in [6.07, 6.45) is -2.91. The first-order chi connectivity index (χ1) is 7.30. The lowest BCUT2D eigenvalue weighted by Crippen LogP contribution is -2.39. The molecule has 0 radical (unpaired) electrons. The molecule has 6 heteroatoms. The SMILES string of the molecule is N[C@@H](C[C@H](CC(=O)O)C(F)(F)F)C1CCC1. The molecule has 0 unspecified atom stereocenters. The first-order valence-electron chi connectivity index (χ1n) is 5.34. The van der Waals surface area contributed by atoms with Gasteiger partial charge in [-0.05, 0) is 25.2 Å². The fraction of sp³-hybridized carbons (Fsp3) is 0.900. The fourth-order valence-corrected chi connectivity index (χ4v) is 1.93. The molecule has 0 aromatic rings. The van der Waals surface area contributed by atoms with Crippen LogP contribution in [-0.4, -0.2) is 23.3 Å². The molecule has 3 N–H and O–H groups in total. The van der Waals surface area contributed by atoms with Crippen molar-refractivity contribution in [2.45, 2.75) is 44.3 Å². The van der Waals surface area contributed by atoms with Crippen LogP contribution in [0.2, 0.25) is 0 Å². The Balaban J connectivity index is 2.51. The molecular formula is C10H16F3NO2. The predicted octanol–water partition coefficient (Wildman–Crippen LogP) is 2.16. The zero-order chi connectivity index (χ0) is 12.3. The van der Waals surface area contributed by atoms with Crippen molar-refractivity contribution in [1.29, 1.82) is 0 Å². The van der Waals surface area contributed by atoms with E-state index in [0.29, 0.717) is 0 Å². The quantitative estimate of drug-likeness (QED) is 0.772. The summed E-state index contributed by atoms with van der Waals surface area (Å²) in [4.78, 5) is 10.4. The van der Waals surface area contributed by atoms with Crippen LogP contribution in [0.25, 0.3) is 0 Å². The van der Waals surface area contributed by atoms with E-state index in [1.807, 2.05) is 0 Å². The van der Waals surface area contributed by atoms with Crippen molar-refractivity contribution in [3.05, 3.63) is 0 Å². The van der Waals surface area contributed by atoms with Gasteiger partial charge in [0.15, 0.2) is 0 Å². The molecule has 0 saturated heterocycles. The standard InChI is InChI=1S/C10H16F3NO2/c11-10(12,13)7(5-9(15)16)4-8(14)6-2-1-3-6/h6-8H,1-5,14H2,(H,15,16)/t7-,8+/m1/s1. The molecule has 0 bridgehead atoms. The maximum absolute atomic E-state index is 12.5. The minimum atomic E-state index is -4.47. The first-order valence-corrected chi connectivity index (χ1v) is 5.34. The van der Waals surface area contributed by atoms with E-state index in [4.69, 9.17) is 10.8 Å². The Hall–Kier alpha value is -0.780. The van der Waals surface area contributed by atoms with Crippen LogP contribution in [0.4, 0.5) is 13.2 Å². The van der Waals surface area contributed by atoms with Crippen LogP contribution < -0.4 is 5.73 Å². The van der Waals surface area contributed by atoms with Gasteiger partial charge in [0.05, 0.1) is 12.3 Å². The molecule has 3 nitrogen and oxygen atoms in total. The molecule has 0 spiro atoms. The summed E-state index contributed by atoms with van der Waals surface area (Å²) in [5, 5.41) is 8.43. The number of alkyl halides is 3. The summed E-state index contributed by atoms with van der Waals surface area (Å²) in [6.45, 7) is 0. The zero-order valence-electron chi connectivity index (χ0n) is 8.83. The monoisotopic (exact) mass is 239 g/mol. The van der Waals surface area contributed by atoms with E-state index >= 15 is 0 Å². The van der Waals surface area contributed by atoms with Gasteiger partial charge in [0.1, 0.15) is 0 Å². The highest BCUT2D eigenvalue weighted by Crippen LogP contribution is 2.37. The molecule has 0 heterocycles. The van der Waals surface area contributed by atoms with Gasteiger partial charge in [-0.15, -0.1) is 0 Å². The maximum Gasteiger partial charge on any atom is 0.392 e. The lowest BCUT2D eigenvalue weighted by molar-refractivity contribution is -0.186. The smallest absolute Gasteiger partial charge is 0.392 e. The Morgan fingerprint density at radius 3 is 2.31 bits per heavy atom. The molecule has 16 heavy (non-hydrogen) atoms. The van der Waals surface area contributed by atoms with E-state index in [0.717, 1.165) is 19.3 Å². The van der Waals surface area contributed by atoms with Crippen molar-refractivity contribution >= 4 is 5.97 Å². The Morgan fingerprint density at radius 1 is 1.44 bits per heavy atom. The molecule has 0 aromatic carbocycles. The van der Waals surface area contributed by atoms with E-state index in [-0.39, 0.29) is 12.3 Å². The van der Waals surface area contributed by atoms with Crippen LogP contribution >= 0.6 is 0 Å². The topological polar surface area (TPSA) is 63.3 Å². The van der Waals surface area contributed by atoms with Crippen molar-refractivity contribution in [1.82, 2.24) is 0 Å². The Labute approximate surface area is 91.8 Å². The number of hydrogen-bond donors (Lipinski definition) is 2.